The first-order chi connectivity index (χ1) is 10.6. The molecule has 3 heterocycles. The van der Waals surface area contributed by atoms with Crippen LogP contribution in [0, 0.1) is 5.92 Å². The molecular formula is C16H23N3O2S. The molecule has 6 heteroatoms. The number of primary amides is 1. The van der Waals surface area contributed by atoms with Crippen LogP contribution in [0.5, 0.6) is 0 Å². The van der Waals surface area contributed by atoms with E-state index in [0.29, 0.717) is 25.9 Å². The maximum atomic E-state index is 12.7. The number of amides is 2. The van der Waals surface area contributed by atoms with E-state index in [1.807, 2.05) is 23.2 Å². The second kappa shape index (κ2) is 6.38. The molecule has 1 aromatic rings. The molecule has 0 saturated carbocycles. The lowest BCUT2D eigenvalue weighted by molar-refractivity contribution is -0.139. The first-order valence-corrected chi connectivity index (χ1v) is 8.81. The number of hydrogen-bond donors (Lipinski definition) is 1. The molecule has 3 rings (SSSR count). The van der Waals surface area contributed by atoms with E-state index in [0.717, 1.165) is 19.5 Å². The fourth-order valence-electron chi connectivity index (χ4n) is 3.41. The van der Waals surface area contributed by atoms with Crippen LogP contribution in [0.25, 0.3) is 0 Å². The largest absolute Gasteiger partial charge is 0.369 e. The molecule has 2 N–H and O–H groups in total. The van der Waals surface area contributed by atoms with Crippen molar-refractivity contribution in [3.8, 4) is 0 Å². The minimum absolute atomic E-state index is 0.0669. The number of carbonyl (C=O) groups excluding carboxylic acids is 2. The average molecular weight is 321 g/mol. The van der Waals surface area contributed by atoms with Gasteiger partial charge >= 0.3 is 0 Å². The van der Waals surface area contributed by atoms with Crippen LogP contribution in [0.4, 0.5) is 0 Å². The van der Waals surface area contributed by atoms with Gasteiger partial charge in [0.2, 0.25) is 11.8 Å². The zero-order valence-electron chi connectivity index (χ0n) is 13.0. The third-order valence-corrected chi connectivity index (χ3v) is 5.97. The number of hydrogen-bond acceptors (Lipinski definition) is 4. The van der Waals surface area contributed by atoms with Crippen LogP contribution in [0.1, 0.15) is 30.2 Å². The second-order valence-corrected chi connectivity index (χ2v) is 7.27. The number of carbonyl (C=O) groups is 2. The van der Waals surface area contributed by atoms with E-state index in [9.17, 15) is 9.59 Å². The van der Waals surface area contributed by atoms with Crippen molar-refractivity contribution in [2.75, 3.05) is 19.6 Å². The summed E-state index contributed by atoms with van der Waals surface area (Å²) < 4.78 is 0. The molecule has 5 nitrogen and oxygen atoms in total. The zero-order valence-corrected chi connectivity index (χ0v) is 13.8. The monoisotopic (exact) mass is 321 g/mol. The minimum Gasteiger partial charge on any atom is -0.369 e. The average Bonchev–Trinajstić information content (AvgIpc) is 3.01. The standard InChI is InChI=1S/C16H23N3O2S/c1-11(19-8-4-14-13(10-19)5-9-22-14)16(21)18-6-2-12(3-7-18)15(17)20/h5,9,11-12H,2-4,6-8,10H2,1H3,(H2,17,20)/t11-/m1/s1. The molecular weight excluding hydrogens is 298 g/mol. The Morgan fingerprint density at radius 3 is 2.73 bits per heavy atom. The fraction of sp³-hybridized carbons (Fsp3) is 0.625. The van der Waals surface area contributed by atoms with Crippen molar-refractivity contribution >= 4 is 23.2 Å². The van der Waals surface area contributed by atoms with Crippen LogP contribution in [0.2, 0.25) is 0 Å². The predicted octanol–water partition coefficient (Wildman–Crippen LogP) is 1.22. The third-order valence-electron chi connectivity index (χ3n) is 4.95. The van der Waals surface area contributed by atoms with E-state index in [1.54, 1.807) is 0 Å². The molecule has 0 radical (unpaired) electrons. The number of rotatable bonds is 3. The van der Waals surface area contributed by atoms with Gasteiger partial charge in [-0.05, 0) is 43.2 Å². The van der Waals surface area contributed by atoms with Crippen LogP contribution >= 0.6 is 11.3 Å². The Hall–Kier alpha value is -1.40. The molecule has 2 amide bonds. The molecule has 0 aliphatic carbocycles. The number of nitrogens with two attached hydrogens (primary N) is 1. The summed E-state index contributed by atoms with van der Waals surface area (Å²) in [6, 6.07) is 2.07. The summed E-state index contributed by atoms with van der Waals surface area (Å²) in [5.41, 5.74) is 6.72. The summed E-state index contributed by atoms with van der Waals surface area (Å²) in [5, 5.41) is 2.13. The SMILES string of the molecule is C[C@H](C(=O)N1CCC(C(N)=O)CC1)N1CCc2sccc2C1. The number of fused-ring (bicyclic) bond motifs is 1. The van der Waals surface area contributed by atoms with Crippen LogP contribution in [0.15, 0.2) is 11.4 Å². The van der Waals surface area contributed by atoms with Crippen LogP contribution < -0.4 is 5.73 Å². The summed E-state index contributed by atoms with van der Waals surface area (Å²) in [4.78, 5) is 29.5. The summed E-state index contributed by atoms with van der Waals surface area (Å²) in [6.07, 6.45) is 2.43. The van der Waals surface area contributed by atoms with Gasteiger partial charge in [-0.3, -0.25) is 14.5 Å². The molecule has 0 unspecified atom stereocenters. The van der Waals surface area contributed by atoms with Crippen LogP contribution in [-0.2, 0) is 22.6 Å². The molecule has 1 atom stereocenters. The highest BCUT2D eigenvalue weighted by atomic mass is 32.1. The highest BCUT2D eigenvalue weighted by Gasteiger charge is 2.32. The van der Waals surface area contributed by atoms with Crippen molar-refractivity contribution in [3.63, 3.8) is 0 Å². The van der Waals surface area contributed by atoms with E-state index in [1.165, 1.54) is 10.4 Å². The van der Waals surface area contributed by atoms with Crippen molar-refractivity contribution < 1.29 is 9.59 Å². The van der Waals surface area contributed by atoms with Gasteiger partial charge in [-0.2, -0.15) is 0 Å². The zero-order chi connectivity index (χ0) is 15.7. The molecule has 0 aromatic carbocycles. The molecule has 2 aliphatic rings. The lowest BCUT2D eigenvalue weighted by Gasteiger charge is -2.37. The molecule has 1 fully saturated rings. The predicted molar refractivity (Wildman–Crippen MR) is 86.4 cm³/mol. The van der Waals surface area contributed by atoms with Gasteiger partial charge in [-0.15, -0.1) is 11.3 Å². The molecule has 120 valence electrons. The Morgan fingerprint density at radius 2 is 2.05 bits per heavy atom. The summed E-state index contributed by atoms with van der Waals surface area (Å²) in [6.45, 7) is 5.10. The molecule has 1 aromatic heterocycles. The highest BCUT2D eigenvalue weighted by molar-refractivity contribution is 7.10. The van der Waals surface area contributed by atoms with E-state index >= 15 is 0 Å². The topological polar surface area (TPSA) is 66.6 Å². The van der Waals surface area contributed by atoms with Crippen molar-refractivity contribution in [3.05, 3.63) is 21.9 Å². The van der Waals surface area contributed by atoms with Crippen LogP contribution in [-0.4, -0.2) is 47.3 Å². The van der Waals surface area contributed by atoms with E-state index in [4.69, 9.17) is 5.73 Å². The quantitative estimate of drug-likeness (QED) is 0.910. The fourth-order valence-corrected chi connectivity index (χ4v) is 4.30. The van der Waals surface area contributed by atoms with E-state index in [-0.39, 0.29) is 23.8 Å². The molecule has 1 saturated heterocycles. The number of nitrogens with zero attached hydrogens (tertiary/aromatic N) is 2. The molecule has 0 bridgehead atoms. The lowest BCUT2D eigenvalue weighted by Crippen LogP contribution is -2.51. The number of thiophene rings is 1. The highest BCUT2D eigenvalue weighted by Crippen LogP contribution is 2.26. The maximum absolute atomic E-state index is 12.7. The Labute approximate surface area is 135 Å². The smallest absolute Gasteiger partial charge is 0.239 e. The van der Waals surface area contributed by atoms with Gasteiger partial charge in [-0.25, -0.2) is 0 Å². The first kappa shape index (κ1) is 15.5. The third kappa shape index (κ3) is 3.03. The normalized spacial score (nSPS) is 21.4. The molecule has 2 aliphatic heterocycles. The summed E-state index contributed by atoms with van der Waals surface area (Å²) in [5.74, 6) is -0.120. The van der Waals surface area contributed by atoms with Crippen molar-refractivity contribution in [1.29, 1.82) is 0 Å². The Bertz CT molecular complexity index is 563. The number of piperidine rings is 1. The number of likely N-dealkylation sites (tertiary alicyclic amines) is 1. The Morgan fingerprint density at radius 1 is 1.32 bits per heavy atom. The van der Waals surface area contributed by atoms with Crippen LogP contribution in [0.3, 0.4) is 0 Å². The second-order valence-electron chi connectivity index (χ2n) is 6.27. The molecule has 22 heavy (non-hydrogen) atoms. The first-order valence-electron chi connectivity index (χ1n) is 7.93. The van der Waals surface area contributed by atoms with Gasteiger partial charge in [0.15, 0.2) is 0 Å². The van der Waals surface area contributed by atoms with Gasteiger partial charge in [0, 0.05) is 37.0 Å². The van der Waals surface area contributed by atoms with Gasteiger partial charge in [-0.1, -0.05) is 0 Å². The maximum Gasteiger partial charge on any atom is 0.239 e. The summed E-state index contributed by atoms with van der Waals surface area (Å²) >= 11 is 1.81. The summed E-state index contributed by atoms with van der Waals surface area (Å²) in [7, 11) is 0. The Balaban J connectivity index is 1.58. The van der Waals surface area contributed by atoms with Gasteiger partial charge in [0.25, 0.3) is 0 Å². The Kier molecular flexibility index (Phi) is 4.49. The van der Waals surface area contributed by atoms with E-state index in [2.05, 4.69) is 16.3 Å². The van der Waals surface area contributed by atoms with Gasteiger partial charge in [0.1, 0.15) is 0 Å². The van der Waals surface area contributed by atoms with Crippen molar-refractivity contribution in [2.45, 2.75) is 38.8 Å². The van der Waals surface area contributed by atoms with Gasteiger partial charge < -0.3 is 10.6 Å². The van der Waals surface area contributed by atoms with E-state index < -0.39 is 0 Å². The lowest BCUT2D eigenvalue weighted by atomic mass is 9.95. The van der Waals surface area contributed by atoms with Crippen molar-refractivity contribution in [1.82, 2.24) is 9.80 Å². The van der Waals surface area contributed by atoms with Crippen molar-refractivity contribution in [2.24, 2.45) is 11.7 Å². The minimum atomic E-state index is -0.235. The van der Waals surface area contributed by atoms with Gasteiger partial charge in [0.05, 0.1) is 6.04 Å². The molecule has 0 spiro atoms.